The molecular formula is C16H26N2O2S. The predicted octanol–water partition coefficient (Wildman–Crippen LogP) is 3.09. The fourth-order valence-corrected chi connectivity index (χ4v) is 4.75. The molecule has 1 aliphatic heterocycles. The van der Waals surface area contributed by atoms with E-state index in [-0.39, 0.29) is 5.41 Å². The van der Waals surface area contributed by atoms with Crippen molar-refractivity contribution in [2.24, 2.45) is 5.41 Å². The molecule has 1 fully saturated rings. The molecule has 0 saturated carbocycles. The van der Waals surface area contributed by atoms with Gasteiger partial charge in [-0.2, -0.15) is 4.31 Å². The summed E-state index contributed by atoms with van der Waals surface area (Å²) in [5, 5.41) is 0. The van der Waals surface area contributed by atoms with Gasteiger partial charge in [0.2, 0.25) is 10.0 Å². The van der Waals surface area contributed by atoms with E-state index in [1.165, 1.54) is 0 Å². The maximum atomic E-state index is 12.8. The number of hydrogen-bond acceptors (Lipinski definition) is 3. The number of hydrogen-bond donors (Lipinski definition) is 1. The summed E-state index contributed by atoms with van der Waals surface area (Å²) in [5.41, 5.74) is 8.50. The number of benzene rings is 1. The lowest BCUT2D eigenvalue weighted by atomic mass is 9.82. The Morgan fingerprint density at radius 3 is 2.33 bits per heavy atom. The average molecular weight is 310 g/mol. The van der Waals surface area contributed by atoms with Gasteiger partial charge < -0.3 is 5.73 Å². The highest BCUT2D eigenvalue weighted by Gasteiger charge is 2.40. The molecule has 4 nitrogen and oxygen atoms in total. The van der Waals surface area contributed by atoms with Crippen molar-refractivity contribution in [2.75, 3.05) is 18.8 Å². The van der Waals surface area contributed by atoms with Crippen LogP contribution in [-0.2, 0) is 10.0 Å². The van der Waals surface area contributed by atoms with Crippen LogP contribution in [0.3, 0.4) is 0 Å². The average Bonchev–Trinajstić information content (AvgIpc) is 2.90. The summed E-state index contributed by atoms with van der Waals surface area (Å²) in [6.07, 6.45) is 2.98. The molecule has 0 aromatic heterocycles. The minimum atomic E-state index is -3.44. The van der Waals surface area contributed by atoms with Gasteiger partial charge in [-0.1, -0.05) is 13.8 Å². The molecule has 118 valence electrons. The third-order valence-corrected chi connectivity index (χ3v) is 7.05. The van der Waals surface area contributed by atoms with Crippen LogP contribution in [0.15, 0.2) is 17.0 Å². The number of nitrogen functional groups attached to an aromatic ring is 1. The fourth-order valence-electron chi connectivity index (χ4n) is 3.08. The zero-order chi connectivity index (χ0) is 15.8. The van der Waals surface area contributed by atoms with Crippen molar-refractivity contribution in [1.29, 1.82) is 0 Å². The number of nitrogens with zero attached hydrogens (tertiary/aromatic N) is 1. The lowest BCUT2D eigenvalue weighted by Gasteiger charge is -2.26. The third-order valence-electron chi connectivity index (χ3n) is 5.22. The zero-order valence-electron chi connectivity index (χ0n) is 13.4. The minimum Gasteiger partial charge on any atom is -0.398 e. The SMILES string of the molecule is CCC1(CC)CCN(S(=O)(=O)c2cc(C)c(C)c(N)c2)C1. The maximum Gasteiger partial charge on any atom is 0.243 e. The van der Waals surface area contributed by atoms with Crippen LogP contribution in [0.1, 0.15) is 44.2 Å². The van der Waals surface area contributed by atoms with Crippen LogP contribution >= 0.6 is 0 Å². The van der Waals surface area contributed by atoms with Crippen molar-refractivity contribution in [3.8, 4) is 0 Å². The summed E-state index contributed by atoms with van der Waals surface area (Å²) in [4.78, 5) is 0.325. The Morgan fingerprint density at radius 1 is 1.24 bits per heavy atom. The standard InChI is InChI=1S/C16H26N2O2S/c1-5-16(6-2)7-8-18(11-16)21(19,20)14-9-12(3)13(4)15(17)10-14/h9-10H,5-8,11,17H2,1-4H3. The molecule has 2 N–H and O–H groups in total. The van der Waals surface area contributed by atoms with E-state index < -0.39 is 10.0 Å². The second kappa shape index (κ2) is 5.61. The van der Waals surface area contributed by atoms with Crippen LogP contribution in [0.25, 0.3) is 0 Å². The molecule has 0 unspecified atom stereocenters. The third kappa shape index (κ3) is 2.81. The topological polar surface area (TPSA) is 63.4 Å². The van der Waals surface area contributed by atoms with Crippen LogP contribution in [0, 0.1) is 19.3 Å². The molecular weight excluding hydrogens is 284 g/mol. The Morgan fingerprint density at radius 2 is 1.86 bits per heavy atom. The van der Waals surface area contributed by atoms with Crippen LogP contribution in [-0.4, -0.2) is 25.8 Å². The van der Waals surface area contributed by atoms with Crippen LogP contribution < -0.4 is 5.73 Å². The second-order valence-corrected chi connectivity index (χ2v) is 8.19. The van der Waals surface area contributed by atoms with Gasteiger partial charge in [0.05, 0.1) is 4.90 Å². The Kier molecular flexibility index (Phi) is 4.36. The van der Waals surface area contributed by atoms with Gasteiger partial charge in [-0.15, -0.1) is 0 Å². The number of nitrogens with two attached hydrogens (primary N) is 1. The number of rotatable bonds is 4. The summed E-state index contributed by atoms with van der Waals surface area (Å²) < 4.78 is 27.3. The van der Waals surface area contributed by atoms with E-state index in [2.05, 4.69) is 13.8 Å². The fraction of sp³-hybridized carbons (Fsp3) is 0.625. The van der Waals surface area contributed by atoms with Gasteiger partial charge in [0, 0.05) is 18.8 Å². The van der Waals surface area contributed by atoms with Crippen molar-refractivity contribution >= 4 is 15.7 Å². The smallest absolute Gasteiger partial charge is 0.243 e. The molecule has 0 amide bonds. The van der Waals surface area contributed by atoms with E-state index >= 15 is 0 Å². The Balaban J connectivity index is 2.36. The largest absolute Gasteiger partial charge is 0.398 e. The summed E-state index contributed by atoms with van der Waals surface area (Å²) in [6.45, 7) is 9.33. The van der Waals surface area contributed by atoms with Gasteiger partial charge in [-0.25, -0.2) is 8.42 Å². The van der Waals surface area contributed by atoms with E-state index in [0.717, 1.165) is 30.4 Å². The Bertz CT molecular complexity index is 611. The van der Waals surface area contributed by atoms with Crippen molar-refractivity contribution in [1.82, 2.24) is 4.31 Å². The van der Waals surface area contributed by atoms with E-state index in [4.69, 9.17) is 5.73 Å². The molecule has 21 heavy (non-hydrogen) atoms. The molecule has 1 aliphatic rings. The summed E-state index contributed by atoms with van der Waals surface area (Å²) in [7, 11) is -3.44. The minimum absolute atomic E-state index is 0.137. The van der Waals surface area contributed by atoms with Crippen LogP contribution in [0.2, 0.25) is 0 Å². The Labute approximate surface area is 128 Å². The van der Waals surface area contributed by atoms with Crippen molar-refractivity contribution in [3.05, 3.63) is 23.3 Å². The van der Waals surface area contributed by atoms with Gasteiger partial charge in [0.15, 0.2) is 0 Å². The first-order chi connectivity index (χ1) is 9.75. The van der Waals surface area contributed by atoms with E-state index in [1.54, 1.807) is 16.4 Å². The summed E-state index contributed by atoms with van der Waals surface area (Å²) >= 11 is 0. The van der Waals surface area contributed by atoms with Gasteiger partial charge >= 0.3 is 0 Å². The highest BCUT2D eigenvalue weighted by molar-refractivity contribution is 7.89. The van der Waals surface area contributed by atoms with E-state index in [9.17, 15) is 8.42 Å². The van der Waals surface area contributed by atoms with Crippen molar-refractivity contribution in [3.63, 3.8) is 0 Å². The normalized spacial score (nSPS) is 19.0. The highest BCUT2D eigenvalue weighted by Crippen LogP contribution is 2.39. The molecule has 0 aliphatic carbocycles. The number of sulfonamides is 1. The quantitative estimate of drug-likeness (QED) is 0.869. The molecule has 2 rings (SSSR count). The van der Waals surface area contributed by atoms with E-state index in [1.807, 2.05) is 13.8 Å². The van der Waals surface area contributed by atoms with Crippen LogP contribution in [0.5, 0.6) is 0 Å². The monoisotopic (exact) mass is 310 g/mol. The van der Waals surface area contributed by atoms with Gasteiger partial charge in [-0.3, -0.25) is 0 Å². The molecule has 1 aromatic rings. The molecule has 0 spiro atoms. The molecule has 0 radical (unpaired) electrons. The summed E-state index contributed by atoms with van der Waals surface area (Å²) in [6, 6.07) is 3.33. The zero-order valence-corrected chi connectivity index (χ0v) is 14.3. The number of aryl methyl sites for hydroxylation is 1. The van der Waals surface area contributed by atoms with Crippen molar-refractivity contribution in [2.45, 2.75) is 51.9 Å². The molecule has 1 aromatic carbocycles. The maximum absolute atomic E-state index is 12.8. The first-order valence-corrected chi connectivity index (χ1v) is 9.06. The Hall–Kier alpha value is -1.07. The van der Waals surface area contributed by atoms with Crippen molar-refractivity contribution < 1.29 is 8.42 Å². The molecule has 5 heteroatoms. The summed E-state index contributed by atoms with van der Waals surface area (Å²) in [5.74, 6) is 0. The molecule has 0 atom stereocenters. The molecule has 1 saturated heterocycles. The highest BCUT2D eigenvalue weighted by atomic mass is 32.2. The first-order valence-electron chi connectivity index (χ1n) is 7.62. The van der Waals surface area contributed by atoms with Gasteiger partial charge in [0.25, 0.3) is 0 Å². The predicted molar refractivity (Wildman–Crippen MR) is 86.7 cm³/mol. The first kappa shape index (κ1) is 16.3. The molecule has 1 heterocycles. The van der Waals surface area contributed by atoms with Gasteiger partial charge in [0.1, 0.15) is 0 Å². The van der Waals surface area contributed by atoms with Gasteiger partial charge in [-0.05, 0) is 61.8 Å². The molecule has 0 bridgehead atoms. The lowest BCUT2D eigenvalue weighted by molar-refractivity contribution is 0.279. The number of anilines is 1. The van der Waals surface area contributed by atoms with E-state index in [0.29, 0.717) is 23.7 Å². The van der Waals surface area contributed by atoms with Crippen LogP contribution in [0.4, 0.5) is 5.69 Å². The second-order valence-electron chi connectivity index (χ2n) is 6.25. The lowest BCUT2D eigenvalue weighted by Crippen LogP contribution is -2.32.